The van der Waals surface area contributed by atoms with Gasteiger partial charge in [0.25, 0.3) is 0 Å². The third-order valence-corrected chi connectivity index (χ3v) is 18.9. The van der Waals surface area contributed by atoms with Crippen molar-refractivity contribution in [2.75, 3.05) is 19.8 Å². The van der Waals surface area contributed by atoms with E-state index in [0.717, 1.165) is 38.5 Å². The van der Waals surface area contributed by atoms with Gasteiger partial charge >= 0.3 is 0 Å². The minimum Gasteiger partial charge on any atom is -0.394 e. The number of unbranched alkanes of at least 4 members (excludes halogenated alkanes) is 49. The summed E-state index contributed by atoms with van der Waals surface area (Å²) in [6.45, 7) is 2.86. The van der Waals surface area contributed by atoms with Crippen LogP contribution in [0.15, 0.2) is 24.3 Å². The Kier molecular flexibility index (Phi) is 56.5. The predicted octanol–water partition coefficient (Wildman–Crippen LogP) is 16.3. The summed E-state index contributed by atoms with van der Waals surface area (Å²) in [5.74, 6) is -0.233. The molecule has 0 aromatic rings. The van der Waals surface area contributed by atoms with E-state index in [-0.39, 0.29) is 18.9 Å². The van der Waals surface area contributed by atoms with Crippen LogP contribution >= 0.6 is 0 Å². The van der Waals surface area contributed by atoms with Crippen molar-refractivity contribution < 1.29 is 64.6 Å². The van der Waals surface area contributed by atoms with Crippen LogP contribution in [-0.2, 0) is 23.7 Å². The molecule has 2 aliphatic rings. The van der Waals surface area contributed by atoms with Crippen LogP contribution in [0.1, 0.15) is 354 Å². The lowest BCUT2D eigenvalue weighted by atomic mass is 9.97. The number of hydrogen-bond donors (Lipinski definition) is 9. The first-order valence-electron chi connectivity index (χ1n) is 38.1. The number of allylic oxidation sites excluding steroid dienone is 3. The highest BCUT2D eigenvalue weighted by Crippen LogP contribution is 2.30. The molecule has 14 nitrogen and oxygen atoms in total. The second kappa shape index (κ2) is 60.2. The molecule has 0 aromatic carbocycles. The van der Waals surface area contributed by atoms with Gasteiger partial charge in [0.05, 0.1) is 32.0 Å². The average Bonchev–Trinajstić information content (AvgIpc) is 1.37. The maximum absolute atomic E-state index is 13.4. The van der Waals surface area contributed by atoms with Gasteiger partial charge in [0, 0.05) is 6.42 Å². The molecule has 0 aromatic heterocycles. The number of hydrogen-bond acceptors (Lipinski definition) is 13. The number of carbonyl (C=O) groups excluding carboxylic acids is 1. The Morgan fingerprint density at radius 2 is 0.708 bits per heavy atom. The second-order valence-corrected chi connectivity index (χ2v) is 27.1. The first-order valence-corrected chi connectivity index (χ1v) is 38.1. The summed E-state index contributed by atoms with van der Waals surface area (Å²) in [6, 6.07) is -0.914. The minimum absolute atomic E-state index is 0.233. The summed E-state index contributed by atoms with van der Waals surface area (Å²) in [6.07, 6.45) is 59.6. The summed E-state index contributed by atoms with van der Waals surface area (Å²) in [4.78, 5) is 13.4. The fourth-order valence-corrected chi connectivity index (χ4v) is 12.8. The van der Waals surface area contributed by atoms with Crippen molar-refractivity contribution in [3.8, 4) is 0 Å². The van der Waals surface area contributed by atoms with Crippen molar-refractivity contribution in [3.63, 3.8) is 0 Å². The van der Waals surface area contributed by atoms with E-state index in [1.54, 1.807) is 6.08 Å². The molecule has 9 N–H and O–H groups in total. The fraction of sp³-hybridized carbons (Fsp3) is 0.933. The maximum Gasteiger partial charge on any atom is 0.220 e. The van der Waals surface area contributed by atoms with Crippen LogP contribution in [0.4, 0.5) is 0 Å². The Balaban J connectivity index is 1.65. The normalized spacial score (nSPS) is 23.1. The van der Waals surface area contributed by atoms with Crippen molar-refractivity contribution in [1.82, 2.24) is 5.32 Å². The number of rotatable bonds is 64. The summed E-state index contributed by atoms with van der Waals surface area (Å²) in [5.41, 5.74) is 0. The van der Waals surface area contributed by atoms with Crippen LogP contribution in [0, 0.1) is 0 Å². The molecule has 2 saturated heterocycles. The Labute approximate surface area is 545 Å². The van der Waals surface area contributed by atoms with Gasteiger partial charge < -0.3 is 65.1 Å². The zero-order valence-electron chi connectivity index (χ0n) is 57.5. The molecule has 526 valence electrons. The molecule has 14 heteroatoms. The molecule has 2 heterocycles. The molecule has 0 bridgehead atoms. The summed E-state index contributed by atoms with van der Waals surface area (Å²) in [7, 11) is 0. The Morgan fingerprint density at radius 3 is 1.07 bits per heavy atom. The van der Waals surface area contributed by atoms with Crippen molar-refractivity contribution in [2.45, 2.75) is 428 Å². The summed E-state index contributed by atoms with van der Waals surface area (Å²) >= 11 is 0. The highest BCUT2D eigenvalue weighted by atomic mass is 16.7. The topological polar surface area (TPSA) is 228 Å². The number of aliphatic hydroxyl groups excluding tert-OH is 8. The van der Waals surface area contributed by atoms with Gasteiger partial charge in [0.1, 0.15) is 48.8 Å². The van der Waals surface area contributed by atoms with Crippen molar-refractivity contribution in [3.05, 3.63) is 24.3 Å². The fourth-order valence-electron chi connectivity index (χ4n) is 12.8. The molecule has 0 spiro atoms. The van der Waals surface area contributed by atoms with Crippen LogP contribution in [0.3, 0.4) is 0 Å². The largest absolute Gasteiger partial charge is 0.394 e. The van der Waals surface area contributed by atoms with E-state index in [1.165, 1.54) is 289 Å². The lowest BCUT2D eigenvalue weighted by Gasteiger charge is -2.46. The molecule has 1 amide bonds. The molecule has 0 radical (unpaired) electrons. The van der Waals surface area contributed by atoms with Gasteiger partial charge in [-0.25, -0.2) is 0 Å². The van der Waals surface area contributed by atoms with Gasteiger partial charge in [-0.15, -0.1) is 0 Å². The third kappa shape index (κ3) is 44.0. The summed E-state index contributed by atoms with van der Waals surface area (Å²) < 4.78 is 22.9. The van der Waals surface area contributed by atoms with Crippen LogP contribution in [0.2, 0.25) is 0 Å². The monoisotopic (exact) mass is 1270 g/mol. The molecule has 0 saturated carbocycles. The lowest BCUT2D eigenvalue weighted by Crippen LogP contribution is -2.65. The Morgan fingerprint density at radius 1 is 0.393 bits per heavy atom. The molecule has 2 fully saturated rings. The standard InChI is InChI=1S/C75H143NO13/c1-3-5-7-9-11-13-15-17-19-21-23-25-27-29-30-31-32-33-35-36-38-40-42-44-46-48-50-52-54-56-58-64(79)63(62-86-74-72(85)70(83)73(66(61-78)88-74)89-75-71(84)69(82)68(81)65(60-77)87-75)76-67(80)59-57-55-53-51-49-47-45-43-41-39-37-34-28-26-24-22-20-18-16-14-12-10-8-6-4-2/h22,24,56,58,63-66,68-75,77-79,81-85H,3-21,23,25-55,57,59-62H2,1-2H3,(H,76,80)/b24-22-,58-56+. The molecule has 12 unspecified atom stereocenters. The predicted molar refractivity (Wildman–Crippen MR) is 365 cm³/mol. The second-order valence-electron chi connectivity index (χ2n) is 27.1. The SMILES string of the molecule is CCCCCCCCCC/C=C\CCCCCCCCCCCCCCCC(=O)NC(COC1OC(CO)C(OC2OC(CO)C(O)C(O)C2O)C(O)C1O)C(O)/C=C/CCCCCCCCCCCCCCCCCCCCCCCCCCCCCC. The highest BCUT2D eigenvalue weighted by molar-refractivity contribution is 5.76. The van der Waals surface area contributed by atoms with E-state index >= 15 is 0 Å². The molecule has 12 atom stereocenters. The third-order valence-electron chi connectivity index (χ3n) is 18.9. The molecule has 2 rings (SSSR count). The number of nitrogens with one attached hydrogen (secondary N) is 1. The van der Waals surface area contributed by atoms with E-state index in [0.29, 0.717) is 6.42 Å². The zero-order chi connectivity index (χ0) is 64.5. The van der Waals surface area contributed by atoms with Crippen LogP contribution < -0.4 is 5.32 Å². The van der Waals surface area contributed by atoms with E-state index in [4.69, 9.17) is 18.9 Å². The van der Waals surface area contributed by atoms with Crippen LogP contribution in [-0.4, -0.2) is 140 Å². The van der Waals surface area contributed by atoms with E-state index in [2.05, 4.69) is 31.3 Å². The van der Waals surface area contributed by atoms with E-state index in [1.807, 2.05) is 6.08 Å². The van der Waals surface area contributed by atoms with E-state index in [9.17, 15) is 45.6 Å². The van der Waals surface area contributed by atoms with Gasteiger partial charge in [-0.3, -0.25) is 4.79 Å². The van der Waals surface area contributed by atoms with Crippen molar-refractivity contribution in [1.29, 1.82) is 0 Å². The van der Waals surface area contributed by atoms with Gasteiger partial charge in [-0.05, 0) is 44.9 Å². The number of ether oxygens (including phenoxy) is 4. The van der Waals surface area contributed by atoms with Gasteiger partial charge in [-0.2, -0.15) is 0 Å². The molecular weight excluding hydrogens is 1120 g/mol. The maximum atomic E-state index is 13.4. The van der Waals surface area contributed by atoms with Gasteiger partial charge in [0.15, 0.2) is 12.6 Å². The smallest absolute Gasteiger partial charge is 0.220 e. The Hall–Kier alpha value is -1.53. The number of amides is 1. The number of carbonyl (C=O) groups is 1. The summed E-state index contributed by atoms with van der Waals surface area (Å²) in [5, 5.41) is 87.6. The lowest BCUT2D eigenvalue weighted by molar-refractivity contribution is -0.359. The first-order chi connectivity index (χ1) is 43.6. The molecule has 0 aliphatic carbocycles. The highest BCUT2D eigenvalue weighted by Gasteiger charge is 2.51. The van der Waals surface area contributed by atoms with Crippen LogP contribution in [0.25, 0.3) is 0 Å². The average molecular weight is 1270 g/mol. The Bertz CT molecular complexity index is 1590. The zero-order valence-corrected chi connectivity index (χ0v) is 57.5. The van der Waals surface area contributed by atoms with Crippen LogP contribution in [0.5, 0.6) is 0 Å². The van der Waals surface area contributed by atoms with Gasteiger partial charge in [-0.1, -0.05) is 327 Å². The van der Waals surface area contributed by atoms with Crippen molar-refractivity contribution >= 4 is 5.91 Å². The van der Waals surface area contributed by atoms with Gasteiger partial charge in [0.2, 0.25) is 5.91 Å². The van der Waals surface area contributed by atoms with Crippen molar-refractivity contribution in [2.24, 2.45) is 0 Å². The minimum atomic E-state index is -1.79. The molecule has 89 heavy (non-hydrogen) atoms. The first kappa shape index (κ1) is 83.6. The quantitative estimate of drug-likeness (QED) is 0.0204. The molecular formula is C75H143NO13. The molecule has 2 aliphatic heterocycles. The number of aliphatic hydroxyl groups is 8. The van der Waals surface area contributed by atoms with E-state index < -0.39 is 86.8 Å².